The zero-order chi connectivity index (χ0) is 17.5. The normalized spacial score (nSPS) is 17.5. The Kier molecular flexibility index (Phi) is 4.78. The second-order valence-electron chi connectivity index (χ2n) is 6.18. The summed E-state index contributed by atoms with van der Waals surface area (Å²) in [7, 11) is -1.44. The van der Waals surface area contributed by atoms with Gasteiger partial charge in [0.15, 0.2) is 0 Å². The summed E-state index contributed by atoms with van der Waals surface area (Å²) in [4.78, 5) is 4.58. The summed E-state index contributed by atoms with van der Waals surface area (Å²) in [6, 6.07) is 1.78. The van der Waals surface area contributed by atoms with Gasteiger partial charge in [-0.1, -0.05) is 0 Å². The number of hydrogen-bond acceptors (Lipinski definition) is 6. The number of aromatic nitrogens is 3. The van der Waals surface area contributed by atoms with Gasteiger partial charge in [0.1, 0.15) is 11.6 Å². The molecule has 3 rings (SSSR count). The van der Waals surface area contributed by atoms with Crippen LogP contribution in [0.2, 0.25) is 0 Å². The third-order valence-corrected chi connectivity index (χ3v) is 7.61. The first-order valence-electron chi connectivity index (χ1n) is 7.93. The number of rotatable bonds is 4. The molecule has 1 aliphatic rings. The summed E-state index contributed by atoms with van der Waals surface area (Å²) in [5.74, 6) is 1.79. The van der Waals surface area contributed by atoms with E-state index in [0.29, 0.717) is 37.6 Å². The molecule has 0 aromatic carbocycles. The lowest BCUT2D eigenvalue weighted by molar-refractivity contribution is 0.176. The maximum Gasteiger partial charge on any atom is 0.244 e. The molecule has 0 radical (unpaired) electrons. The smallest absolute Gasteiger partial charge is 0.244 e. The van der Waals surface area contributed by atoms with Crippen LogP contribution in [0.3, 0.4) is 0 Å². The highest BCUT2D eigenvalue weighted by Gasteiger charge is 2.30. The van der Waals surface area contributed by atoms with Gasteiger partial charge in [0.25, 0.3) is 0 Å². The Bertz CT molecular complexity index is 832. The molecular weight excluding hydrogens is 346 g/mol. The number of nitrogens with zero attached hydrogens (tertiary/aromatic N) is 5. The van der Waals surface area contributed by atoms with E-state index in [9.17, 15) is 8.42 Å². The Labute approximate surface area is 147 Å². The molecule has 2 aromatic heterocycles. The van der Waals surface area contributed by atoms with Gasteiger partial charge in [-0.2, -0.15) is 4.31 Å². The van der Waals surface area contributed by atoms with E-state index >= 15 is 0 Å². The van der Waals surface area contributed by atoms with Gasteiger partial charge >= 0.3 is 0 Å². The highest BCUT2D eigenvalue weighted by Crippen LogP contribution is 2.28. The summed E-state index contributed by atoms with van der Waals surface area (Å²) in [5.41, 5.74) is 0. The van der Waals surface area contributed by atoms with Gasteiger partial charge < -0.3 is 4.57 Å². The maximum atomic E-state index is 12.8. The van der Waals surface area contributed by atoms with Gasteiger partial charge in [-0.05, 0) is 26.8 Å². The van der Waals surface area contributed by atoms with Gasteiger partial charge in [0, 0.05) is 43.0 Å². The Morgan fingerprint density at radius 3 is 2.29 bits per heavy atom. The third kappa shape index (κ3) is 3.26. The molecule has 7 nitrogen and oxygen atoms in total. The average Bonchev–Trinajstić information content (AvgIpc) is 3.04. The van der Waals surface area contributed by atoms with Crippen LogP contribution in [-0.4, -0.2) is 58.6 Å². The fourth-order valence-corrected chi connectivity index (χ4v) is 5.87. The van der Waals surface area contributed by atoms with Crippen molar-refractivity contribution >= 4 is 21.4 Å². The minimum atomic E-state index is -3.39. The average molecular weight is 370 g/mol. The molecule has 3 heterocycles. The third-order valence-electron chi connectivity index (χ3n) is 4.49. The number of hydrogen-bond donors (Lipinski definition) is 0. The van der Waals surface area contributed by atoms with Crippen molar-refractivity contribution < 1.29 is 8.42 Å². The monoisotopic (exact) mass is 369 g/mol. The van der Waals surface area contributed by atoms with E-state index in [1.54, 1.807) is 10.4 Å². The van der Waals surface area contributed by atoms with Crippen molar-refractivity contribution in [2.24, 2.45) is 7.05 Å². The minimum absolute atomic E-state index is 0.461. The molecule has 0 N–H and O–H groups in total. The van der Waals surface area contributed by atoms with Gasteiger partial charge in [-0.15, -0.1) is 21.5 Å². The first-order chi connectivity index (χ1) is 11.3. The molecule has 24 heavy (non-hydrogen) atoms. The lowest BCUT2D eigenvalue weighted by Crippen LogP contribution is -2.48. The van der Waals surface area contributed by atoms with Gasteiger partial charge in [-0.25, -0.2) is 8.42 Å². The molecule has 1 saturated heterocycles. The van der Waals surface area contributed by atoms with Crippen LogP contribution in [0.4, 0.5) is 0 Å². The van der Waals surface area contributed by atoms with E-state index in [4.69, 9.17) is 0 Å². The Balaban J connectivity index is 1.66. The SMILES string of the molecule is Cc1cc(S(=O)(=O)N2CCN(Cc3nnc(C)n3C)CC2)c(C)s1. The van der Waals surface area contributed by atoms with Gasteiger partial charge in [0.05, 0.1) is 11.4 Å². The topological polar surface area (TPSA) is 71.3 Å². The number of piperazine rings is 1. The number of sulfonamides is 1. The molecule has 0 unspecified atom stereocenters. The molecular formula is C15H23N5O2S2. The molecule has 0 bridgehead atoms. The molecule has 9 heteroatoms. The van der Waals surface area contributed by atoms with E-state index in [1.807, 2.05) is 32.4 Å². The number of thiophene rings is 1. The van der Waals surface area contributed by atoms with Crippen molar-refractivity contribution in [3.8, 4) is 0 Å². The largest absolute Gasteiger partial charge is 0.317 e. The van der Waals surface area contributed by atoms with E-state index in [2.05, 4.69) is 15.1 Å². The highest BCUT2D eigenvalue weighted by atomic mass is 32.2. The summed E-state index contributed by atoms with van der Waals surface area (Å²) in [6.45, 7) is 8.85. The molecule has 1 aliphatic heterocycles. The van der Waals surface area contributed by atoms with Crippen LogP contribution < -0.4 is 0 Å². The molecule has 0 atom stereocenters. The van der Waals surface area contributed by atoms with E-state index in [-0.39, 0.29) is 0 Å². The standard InChI is InChI=1S/C15H23N5O2S2/c1-11-9-14(12(2)23-11)24(21,22)20-7-5-19(6-8-20)10-15-17-16-13(3)18(15)4/h9H,5-8,10H2,1-4H3. The van der Waals surface area contributed by atoms with Crippen LogP contribution in [0.25, 0.3) is 0 Å². The molecule has 2 aromatic rings. The van der Waals surface area contributed by atoms with Crippen LogP contribution in [0.1, 0.15) is 21.4 Å². The Morgan fingerprint density at radius 2 is 1.79 bits per heavy atom. The Hall–Kier alpha value is -1.29. The molecule has 132 valence electrons. The molecule has 0 amide bonds. The van der Waals surface area contributed by atoms with Crippen LogP contribution in [0.5, 0.6) is 0 Å². The van der Waals surface area contributed by atoms with Crippen LogP contribution in [0.15, 0.2) is 11.0 Å². The fraction of sp³-hybridized carbons (Fsp3) is 0.600. The van der Waals surface area contributed by atoms with Crippen LogP contribution >= 0.6 is 11.3 Å². The zero-order valence-electron chi connectivity index (χ0n) is 14.5. The van der Waals surface area contributed by atoms with Crippen LogP contribution in [0, 0.1) is 20.8 Å². The lowest BCUT2D eigenvalue weighted by Gasteiger charge is -2.33. The van der Waals surface area contributed by atoms with E-state index < -0.39 is 10.0 Å². The summed E-state index contributed by atoms with van der Waals surface area (Å²) < 4.78 is 29.2. The van der Waals surface area contributed by atoms with Crippen molar-refractivity contribution in [2.45, 2.75) is 32.2 Å². The highest BCUT2D eigenvalue weighted by molar-refractivity contribution is 7.89. The maximum absolute atomic E-state index is 12.8. The molecule has 0 spiro atoms. The van der Waals surface area contributed by atoms with E-state index in [1.165, 1.54) is 11.3 Å². The zero-order valence-corrected chi connectivity index (χ0v) is 16.1. The van der Waals surface area contributed by atoms with Gasteiger partial charge in [0.2, 0.25) is 10.0 Å². The fourth-order valence-electron chi connectivity index (χ4n) is 2.92. The first kappa shape index (κ1) is 17.5. The summed E-state index contributed by atoms with van der Waals surface area (Å²) in [5, 5.41) is 8.25. The van der Waals surface area contributed by atoms with Crippen molar-refractivity contribution in [3.63, 3.8) is 0 Å². The van der Waals surface area contributed by atoms with E-state index in [0.717, 1.165) is 21.4 Å². The minimum Gasteiger partial charge on any atom is -0.317 e. The summed E-state index contributed by atoms with van der Waals surface area (Å²) in [6.07, 6.45) is 0. The predicted octanol–water partition coefficient (Wildman–Crippen LogP) is 1.31. The van der Waals surface area contributed by atoms with Crippen molar-refractivity contribution in [1.29, 1.82) is 0 Å². The van der Waals surface area contributed by atoms with Crippen molar-refractivity contribution in [1.82, 2.24) is 24.0 Å². The summed E-state index contributed by atoms with van der Waals surface area (Å²) >= 11 is 1.53. The van der Waals surface area contributed by atoms with Crippen molar-refractivity contribution in [2.75, 3.05) is 26.2 Å². The lowest BCUT2D eigenvalue weighted by atomic mass is 10.3. The Morgan fingerprint density at radius 1 is 1.12 bits per heavy atom. The molecule has 1 fully saturated rings. The quantitative estimate of drug-likeness (QED) is 0.813. The van der Waals surface area contributed by atoms with Crippen LogP contribution in [-0.2, 0) is 23.6 Å². The molecule has 0 saturated carbocycles. The second-order valence-corrected chi connectivity index (χ2v) is 9.55. The number of aryl methyl sites for hydroxylation is 3. The van der Waals surface area contributed by atoms with Crippen molar-refractivity contribution in [3.05, 3.63) is 27.5 Å². The predicted molar refractivity (Wildman–Crippen MR) is 93.6 cm³/mol. The van der Waals surface area contributed by atoms with Gasteiger partial charge in [-0.3, -0.25) is 4.90 Å². The second kappa shape index (κ2) is 6.55. The first-order valence-corrected chi connectivity index (χ1v) is 10.2. The molecule has 0 aliphatic carbocycles.